The van der Waals surface area contributed by atoms with Gasteiger partial charge in [-0.2, -0.15) is 0 Å². The third-order valence-corrected chi connectivity index (χ3v) is 6.04. The van der Waals surface area contributed by atoms with Crippen molar-refractivity contribution in [1.29, 1.82) is 0 Å². The maximum atomic E-state index is 12.5. The minimum absolute atomic E-state index is 0.171. The van der Waals surface area contributed by atoms with Crippen molar-refractivity contribution >= 4 is 33.4 Å². The van der Waals surface area contributed by atoms with Gasteiger partial charge in [0.15, 0.2) is 6.61 Å². The number of piperidine rings is 1. The van der Waals surface area contributed by atoms with Gasteiger partial charge in [0.25, 0.3) is 5.91 Å². The maximum Gasteiger partial charge on any atom is 0.342 e. The van der Waals surface area contributed by atoms with Gasteiger partial charge < -0.3 is 14.1 Å². The van der Waals surface area contributed by atoms with Crippen LogP contribution in [0.4, 0.5) is 0 Å². The Balaban J connectivity index is 1.38. The van der Waals surface area contributed by atoms with Crippen LogP contribution in [0.15, 0.2) is 41.0 Å². The first-order valence-corrected chi connectivity index (χ1v) is 9.78. The Labute approximate surface area is 160 Å². The van der Waals surface area contributed by atoms with Crippen LogP contribution >= 0.6 is 11.3 Å². The lowest BCUT2D eigenvalue weighted by molar-refractivity contribution is -0.135. The molecule has 1 atom stereocenters. The van der Waals surface area contributed by atoms with E-state index in [1.807, 2.05) is 18.2 Å². The average Bonchev–Trinajstić information content (AvgIpc) is 3.32. The smallest absolute Gasteiger partial charge is 0.342 e. The molecule has 1 amide bonds. The summed E-state index contributed by atoms with van der Waals surface area (Å²) in [6.45, 7) is 2.73. The number of fused-ring (bicyclic) bond motifs is 1. The molecular formula is C20H20N2O4S. The van der Waals surface area contributed by atoms with E-state index in [1.54, 1.807) is 29.2 Å². The molecule has 6 nitrogen and oxygen atoms in total. The number of likely N-dealkylation sites (tertiary alicyclic amines) is 1. The Bertz CT molecular complexity index is 944. The molecule has 0 saturated carbocycles. The summed E-state index contributed by atoms with van der Waals surface area (Å²) in [5.41, 5.74) is 1.36. The van der Waals surface area contributed by atoms with Gasteiger partial charge in [-0.1, -0.05) is 12.1 Å². The van der Waals surface area contributed by atoms with Gasteiger partial charge in [0.05, 0.1) is 21.5 Å². The van der Waals surface area contributed by atoms with Crippen molar-refractivity contribution in [3.8, 4) is 0 Å². The van der Waals surface area contributed by atoms with Crippen LogP contribution in [-0.2, 0) is 9.53 Å². The van der Waals surface area contributed by atoms with Crippen LogP contribution < -0.4 is 0 Å². The fourth-order valence-corrected chi connectivity index (χ4v) is 4.46. The van der Waals surface area contributed by atoms with E-state index >= 15 is 0 Å². The Morgan fingerprint density at radius 1 is 1.33 bits per heavy atom. The summed E-state index contributed by atoms with van der Waals surface area (Å²) in [6, 6.07) is 9.62. The molecule has 7 heteroatoms. The molecule has 1 fully saturated rings. The van der Waals surface area contributed by atoms with Crippen molar-refractivity contribution in [3.05, 3.63) is 52.9 Å². The lowest BCUT2D eigenvalue weighted by atomic mass is 9.99. The standard InChI is InChI=1S/C20H20N2O4S/c1-13-15(8-10-25-13)20(24)26-12-18(23)22-9-4-5-14(11-22)19-21-16-6-2-3-7-17(16)27-19/h2-3,6-8,10,14H,4-5,9,11-12H2,1H3/t14-/m0/s1. The Morgan fingerprint density at radius 2 is 2.19 bits per heavy atom. The normalized spacial score (nSPS) is 17.2. The summed E-state index contributed by atoms with van der Waals surface area (Å²) < 4.78 is 11.4. The number of ether oxygens (including phenoxy) is 1. The lowest BCUT2D eigenvalue weighted by Crippen LogP contribution is -2.41. The predicted molar refractivity (Wildman–Crippen MR) is 102 cm³/mol. The number of esters is 1. The highest BCUT2D eigenvalue weighted by Crippen LogP contribution is 2.32. The summed E-state index contributed by atoms with van der Waals surface area (Å²) in [5.74, 6) is 0.0119. The van der Waals surface area contributed by atoms with Crippen LogP contribution in [0, 0.1) is 6.92 Å². The third-order valence-electron chi connectivity index (χ3n) is 4.84. The van der Waals surface area contributed by atoms with Gasteiger partial charge in [-0.25, -0.2) is 9.78 Å². The molecule has 3 aromatic rings. The summed E-state index contributed by atoms with van der Waals surface area (Å²) in [4.78, 5) is 31.1. The Morgan fingerprint density at radius 3 is 2.96 bits per heavy atom. The first-order valence-electron chi connectivity index (χ1n) is 8.96. The number of aryl methyl sites for hydroxylation is 1. The molecular weight excluding hydrogens is 364 g/mol. The van der Waals surface area contributed by atoms with Crippen LogP contribution in [0.5, 0.6) is 0 Å². The summed E-state index contributed by atoms with van der Waals surface area (Å²) >= 11 is 1.69. The van der Waals surface area contributed by atoms with E-state index in [4.69, 9.17) is 14.1 Å². The highest BCUT2D eigenvalue weighted by atomic mass is 32.1. The predicted octanol–water partition coefficient (Wildman–Crippen LogP) is 3.76. The van der Waals surface area contributed by atoms with E-state index in [0.717, 1.165) is 23.4 Å². The number of hydrogen-bond acceptors (Lipinski definition) is 6. The number of aromatic nitrogens is 1. The summed E-state index contributed by atoms with van der Waals surface area (Å²) in [6.07, 6.45) is 3.36. The number of hydrogen-bond donors (Lipinski definition) is 0. The van der Waals surface area contributed by atoms with Gasteiger partial charge in [0.2, 0.25) is 0 Å². The maximum absolute atomic E-state index is 12.5. The van der Waals surface area contributed by atoms with Crippen molar-refractivity contribution < 1.29 is 18.7 Å². The molecule has 0 spiro atoms. The van der Waals surface area contributed by atoms with Crippen molar-refractivity contribution in [2.45, 2.75) is 25.7 Å². The average molecular weight is 384 g/mol. The Hall–Kier alpha value is -2.67. The molecule has 1 aliphatic heterocycles. The van der Waals surface area contributed by atoms with Crippen molar-refractivity contribution in [1.82, 2.24) is 9.88 Å². The largest absolute Gasteiger partial charge is 0.469 e. The van der Waals surface area contributed by atoms with E-state index in [0.29, 0.717) is 24.4 Å². The Kier molecular flexibility index (Phi) is 4.94. The monoisotopic (exact) mass is 384 g/mol. The van der Waals surface area contributed by atoms with Gasteiger partial charge in [-0.05, 0) is 38.0 Å². The number of thiazole rings is 1. The van der Waals surface area contributed by atoms with Crippen LogP contribution in [0.25, 0.3) is 10.2 Å². The molecule has 1 aliphatic rings. The van der Waals surface area contributed by atoms with Crippen molar-refractivity contribution in [3.63, 3.8) is 0 Å². The number of carbonyl (C=O) groups excluding carboxylic acids is 2. The van der Waals surface area contributed by atoms with Gasteiger partial charge in [-0.3, -0.25) is 4.79 Å². The number of nitrogens with zero attached hydrogens (tertiary/aromatic N) is 2. The first kappa shape index (κ1) is 17.7. The second-order valence-electron chi connectivity index (χ2n) is 6.67. The lowest BCUT2D eigenvalue weighted by Gasteiger charge is -2.31. The number of rotatable bonds is 4. The number of carbonyl (C=O) groups is 2. The van der Waals surface area contributed by atoms with Crippen LogP contribution in [0.3, 0.4) is 0 Å². The fraction of sp³-hybridized carbons (Fsp3) is 0.350. The molecule has 3 heterocycles. The number of furan rings is 1. The molecule has 4 rings (SSSR count). The number of benzene rings is 1. The SMILES string of the molecule is Cc1occc1C(=O)OCC(=O)N1CCC[C@H](c2nc3ccccc3s2)C1. The molecule has 0 unspecified atom stereocenters. The van der Waals surface area contributed by atoms with E-state index in [9.17, 15) is 9.59 Å². The second kappa shape index (κ2) is 7.52. The molecule has 0 bridgehead atoms. The molecule has 0 aliphatic carbocycles. The molecule has 27 heavy (non-hydrogen) atoms. The summed E-state index contributed by atoms with van der Waals surface area (Å²) in [7, 11) is 0. The quantitative estimate of drug-likeness (QED) is 0.641. The van der Waals surface area contributed by atoms with Crippen LogP contribution in [0.2, 0.25) is 0 Å². The highest BCUT2D eigenvalue weighted by Gasteiger charge is 2.27. The van der Waals surface area contributed by atoms with Crippen molar-refractivity contribution in [2.75, 3.05) is 19.7 Å². The fourth-order valence-electron chi connectivity index (χ4n) is 3.36. The zero-order valence-corrected chi connectivity index (χ0v) is 15.8. The zero-order valence-electron chi connectivity index (χ0n) is 15.0. The van der Waals surface area contributed by atoms with E-state index in [1.165, 1.54) is 11.0 Å². The second-order valence-corrected chi connectivity index (χ2v) is 7.73. The van der Waals surface area contributed by atoms with Gasteiger partial charge in [0, 0.05) is 19.0 Å². The molecule has 2 aromatic heterocycles. The number of para-hydroxylation sites is 1. The van der Waals surface area contributed by atoms with E-state index < -0.39 is 5.97 Å². The van der Waals surface area contributed by atoms with E-state index in [-0.39, 0.29) is 18.4 Å². The summed E-state index contributed by atoms with van der Waals surface area (Å²) in [5, 5.41) is 1.07. The van der Waals surface area contributed by atoms with Crippen LogP contribution in [0.1, 0.15) is 39.9 Å². The van der Waals surface area contributed by atoms with Crippen molar-refractivity contribution in [2.24, 2.45) is 0 Å². The highest BCUT2D eigenvalue weighted by molar-refractivity contribution is 7.18. The molecule has 140 valence electrons. The first-order chi connectivity index (χ1) is 13.1. The molecule has 0 N–H and O–H groups in total. The minimum atomic E-state index is -0.533. The zero-order chi connectivity index (χ0) is 18.8. The third kappa shape index (κ3) is 3.73. The van der Waals surface area contributed by atoms with Gasteiger partial charge in [-0.15, -0.1) is 11.3 Å². The van der Waals surface area contributed by atoms with Gasteiger partial charge in [0.1, 0.15) is 11.3 Å². The number of amides is 1. The molecule has 1 aromatic carbocycles. The minimum Gasteiger partial charge on any atom is -0.469 e. The van der Waals surface area contributed by atoms with Crippen LogP contribution in [-0.4, -0.2) is 41.5 Å². The molecule has 0 radical (unpaired) electrons. The molecule has 1 saturated heterocycles. The van der Waals surface area contributed by atoms with E-state index in [2.05, 4.69) is 6.07 Å². The topological polar surface area (TPSA) is 72.6 Å². The van der Waals surface area contributed by atoms with Gasteiger partial charge >= 0.3 is 5.97 Å².